The Morgan fingerprint density at radius 2 is 1.93 bits per heavy atom. The molecule has 152 valence electrons. The summed E-state index contributed by atoms with van der Waals surface area (Å²) in [6.45, 7) is 4.96. The number of para-hydroxylation sites is 1. The van der Waals surface area contributed by atoms with Gasteiger partial charge in [0.25, 0.3) is 0 Å². The van der Waals surface area contributed by atoms with Gasteiger partial charge in [-0.05, 0) is 51.0 Å². The van der Waals surface area contributed by atoms with E-state index in [0.717, 1.165) is 28.4 Å². The van der Waals surface area contributed by atoms with Gasteiger partial charge in [0, 0.05) is 39.6 Å². The molecule has 0 radical (unpaired) electrons. The van der Waals surface area contributed by atoms with Gasteiger partial charge in [-0.25, -0.2) is 4.79 Å². The fourth-order valence-corrected chi connectivity index (χ4v) is 4.20. The minimum absolute atomic E-state index is 0.0559. The summed E-state index contributed by atoms with van der Waals surface area (Å²) in [5.41, 5.74) is 3.21. The molecule has 6 nitrogen and oxygen atoms in total. The molecule has 4 rings (SSSR count). The summed E-state index contributed by atoms with van der Waals surface area (Å²) < 4.78 is 7.25. The van der Waals surface area contributed by atoms with Crippen LogP contribution in [0.25, 0.3) is 21.8 Å². The molecule has 1 saturated heterocycles. The van der Waals surface area contributed by atoms with Crippen molar-refractivity contribution in [2.45, 2.75) is 39.3 Å². The second kappa shape index (κ2) is 8.03. The van der Waals surface area contributed by atoms with E-state index in [9.17, 15) is 14.9 Å². The minimum atomic E-state index is -0.513. The van der Waals surface area contributed by atoms with Crippen molar-refractivity contribution < 1.29 is 14.3 Å². The number of aryl methyl sites for hydroxylation is 1. The maximum Gasteiger partial charge on any atom is 0.328 e. The summed E-state index contributed by atoms with van der Waals surface area (Å²) in [4.78, 5) is 25.1. The van der Waals surface area contributed by atoms with Crippen LogP contribution in [0.3, 0.4) is 0 Å². The Morgan fingerprint density at radius 1 is 1.17 bits per heavy atom. The number of nitrogens with one attached hydrogen (secondary N) is 1. The number of ether oxygens (including phenoxy) is 1. The van der Waals surface area contributed by atoms with Crippen LogP contribution in [-0.2, 0) is 16.1 Å². The maximum absolute atomic E-state index is 13.2. The van der Waals surface area contributed by atoms with Crippen molar-refractivity contribution in [3.05, 3.63) is 59.3 Å². The summed E-state index contributed by atoms with van der Waals surface area (Å²) in [6, 6.07) is 15.2. The third-order valence-electron chi connectivity index (χ3n) is 5.59. The highest BCUT2D eigenvalue weighted by Crippen LogP contribution is 2.31. The average Bonchev–Trinajstić information content (AvgIpc) is 3.37. The minimum Gasteiger partial charge on any atom is -0.464 e. The SMILES string of the molecule is CCOC(=O)C1CC/C(=C(\C#N)C(=O)c2ccc3c(c2)c2ccccc2n3CC)N1. The van der Waals surface area contributed by atoms with E-state index in [1.54, 1.807) is 13.0 Å². The molecule has 0 saturated carbocycles. The Kier molecular flexibility index (Phi) is 5.28. The Hall–Kier alpha value is -3.59. The molecule has 1 N–H and O–H groups in total. The highest BCUT2D eigenvalue weighted by molar-refractivity contribution is 6.16. The summed E-state index contributed by atoms with van der Waals surface area (Å²) >= 11 is 0. The molecule has 6 heteroatoms. The van der Waals surface area contributed by atoms with Crippen molar-refractivity contribution >= 4 is 33.6 Å². The normalized spacial score (nSPS) is 17.6. The number of esters is 1. The molecule has 1 atom stereocenters. The van der Waals surface area contributed by atoms with Gasteiger partial charge in [-0.3, -0.25) is 4.79 Å². The Labute approximate surface area is 174 Å². The lowest BCUT2D eigenvalue weighted by atomic mass is 10.00. The van der Waals surface area contributed by atoms with Crippen LogP contribution in [0.4, 0.5) is 0 Å². The number of nitriles is 1. The van der Waals surface area contributed by atoms with Gasteiger partial charge in [0.15, 0.2) is 0 Å². The standard InChI is InChI=1S/C24H23N3O3/c1-3-27-21-8-6-5-7-16(21)17-13-15(9-12-22(17)27)23(28)18(14-25)19-10-11-20(26-19)24(29)30-4-2/h5-9,12-13,20,26H,3-4,10-11H2,1-2H3/b19-18-. The van der Waals surface area contributed by atoms with Crippen molar-refractivity contribution in [1.82, 2.24) is 9.88 Å². The molecule has 0 amide bonds. The third-order valence-corrected chi connectivity index (χ3v) is 5.59. The molecule has 0 aliphatic carbocycles. The van der Waals surface area contributed by atoms with Crippen LogP contribution >= 0.6 is 0 Å². The highest BCUT2D eigenvalue weighted by Gasteiger charge is 2.30. The largest absolute Gasteiger partial charge is 0.464 e. The first kappa shape index (κ1) is 19.7. The van der Waals surface area contributed by atoms with Crippen LogP contribution < -0.4 is 5.32 Å². The zero-order valence-electron chi connectivity index (χ0n) is 17.1. The fraction of sp³-hybridized carbons (Fsp3) is 0.292. The number of ketones is 1. The maximum atomic E-state index is 13.2. The number of nitrogens with zero attached hydrogens (tertiary/aromatic N) is 2. The van der Waals surface area contributed by atoms with Crippen LogP contribution in [0, 0.1) is 11.3 Å². The number of allylic oxidation sites excluding steroid dienone is 2. The highest BCUT2D eigenvalue weighted by atomic mass is 16.5. The molecule has 0 spiro atoms. The number of hydrogen-bond acceptors (Lipinski definition) is 5. The second-order valence-electron chi connectivity index (χ2n) is 7.28. The molecule has 2 aromatic carbocycles. The average molecular weight is 401 g/mol. The number of aromatic nitrogens is 1. The van der Waals surface area contributed by atoms with Crippen molar-refractivity contribution in [2.75, 3.05) is 6.61 Å². The third kappa shape index (κ3) is 3.22. The van der Waals surface area contributed by atoms with Gasteiger partial charge < -0.3 is 14.6 Å². The van der Waals surface area contributed by atoms with Gasteiger partial charge in [0.1, 0.15) is 17.7 Å². The number of Topliss-reactive ketones (excluding diaryl/α,β-unsaturated/α-hetero) is 1. The lowest BCUT2D eigenvalue weighted by Crippen LogP contribution is -2.32. The van der Waals surface area contributed by atoms with Gasteiger partial charge in [-0.2, -0.15) is 5.26 Å². The van der Waals surface area contributed by atoms with Gasteiger partial charge in [0.05, 0.1) is 6.61 Å². The molecular weight excluding hydrogens is 378 g/mol. The first-order valence-corrected chi connectivity index (χ1v) is 10.2. The van der Waals surface area contributed by atoms with Crippen LogP contribution in [0.1, 0.15) is 37.0 Å². The number of hydrogen-bond donors (Lipinski definition) is 1. The van der Waals surface area contributed by atoms with E-state index in [2.05, 4.69) is 22.9 Å². The monoisotopic (exact) mass is 401 g/mol. The van der Waals surface area contributed by atoms with Crippen LogP contribution in [0.2, 0.25) is 0 Å². The van der Waals surface area contributed by atoms with Gasteiger partial charge in [0.2, 0.25) is 5.78 Å². The zero-order chi connectivity index (χ0) is 21.3. The van der Waals surface area contributed by atoms with Crippen molar-refractivity contribution in [3.8, 4) is 6.07 Å². The van der Waals surface area contributed by atoms with Crippen molar-refractivity contribution in [3.63, 3.8) is 0 Å². The lowest BCUT2D eigenvalue weighted by molar-refractivity contribution is -0.145. The lowest BCUT2D eigenvalue weighted by Gasteiger charge is -2.10. The molecule has 2 heterocycles. The second-order valence-corrected chi connectivity index (χ2v) is 7.28. The molecule has 1 unspecified atom stereocenters. The number of carbonyl (C=O) groups is 2. The molecule has 30 heavy (non-hydrogen) atoms. The van der Waals surface area contributed by atoms with Crippen LogP contribution in [-0.4, -0.2) is 29.0 Å². The zero-order valence-corrected chi connectivity index (χ0v) is 17.1. The first-order chi connectivity index (χ1) is 14.6. The van der Waals surface area contributed by atoms with E-state index in [1.807, 2.05) is 36.4 Å². The summed E-state index contributed by atoms with van der Waals surface area (Å²) in [5, 5.41) is 14.8. The van der Waals surface area contributed by atoms with E-state index in [-0.39, 0.29) is 17.3 Å². The molecule has 1 aromatic heterocycles. The van der Waals surface area contributed by atoms with Crippen molar-refractivity contribution in [2.24, 2.45) is 0 Å². The molecule has 3 aromatic rings. The van der Waals surface area contributed by atoms with E-state index >= 15 is 0 Å². The molecule has 1 fully saturated rings. The summed E-state index contributed by atoms with van der Waals surface area (Å²) in [7, 11) is 0. The molecule has 1 aliphatic heterocycles. The first-order valence-electron chi connectivity index (χ1n) is 10.2. The topological polar surface area (TPSA) is 84.1 Å². The van der Waals surface area contributed by atoms with Crippen LogP contribution in [0.15, 0.2) is 53.7 Å². The molecular formula is C24H23N3O3. The predicted molar refractivity (Wildman–Crippen MR) is 115 cm³/mol. The van der Waals surface area contributed by atoms with E-state index < -0.39 is 6.04 Å². The Bertz CT molecular complexity index is 1230. The fourth-order valence-electron chi connectivity index (χ4n) is 4.20. The summed E-state index contributed by atoms with van der Waals surface area (Å²) in [6.07, 6.45) is 0.977. The number of fused-ring (bicyclic) bond motifs is 3. The number of rotatable bonds is 5. The molecule has 1 aliphatic rings. The Balaban J connectivity index is 1.73. The predicted octanol–water partition coefficient (Wildman–Crippen LogP) is 4.09. The van der Waals surface area contributed by atoms with Crippen molar-refractivity contribution in [1.29, 1.82) is 5.26 Å². The van der Waals surface area contributed by atoms with Gasteiger partial charge >= 0.3 is 5.97 Å². The molecule has 0 bridgehead atoms. The quantitative estimate of drug-likeness (QED) is 0.301. The van der Waals surface area contributed by atoms with E-state index in [0.29, 0.717) is 30.7 Å². The number of benzene rings is 2. The van der Waals surface area contributed by atoms with E-state index in [4.69, 9.17) is 4.74 Å². The van der Waals surface area contributed by atoms with Gasteiger partial charge in [-0.1, -0.05) is 18.2 Å². The Morgan fingerprint density at radius 3 is 2.67 bits per heavy atom. The van der Waals surface area contributed by atoms with Crippen LogP contribution in [0.5, 0.6) is 0 Å². The van der Waals surface area contributed by atoms with Gasteiger partial charge in [-0.15, -0.1) is 0 Å². The number of carbonyl (C=O) groups excluding carboxylic acids is 2. The smallest absolute Gasteiger partial charge is 0.328 e. The summed E-state index contributed by atoms with van der Waals surface area (Å²) in [5.74, 6) is -0.689. The van der Waals surface area contributed by atoms with E-state index in [1.165, 1.54) is 0 Å².